The third-order valence-electron chi connectivity index (χ3n) is 3.97. The maximum atomic E-state index is 12.4. The predicted octanol–water partition coefficient (Wildman–Crippen LogP) is 2.16. The first-order valence-electron chi connectivity index (χ1n) is 7.98. The van der Waals surface area contributed by atoms with E-state index >= 15 is 0 Å². The number of ether oxygens (including phenoxy) is 2. The number of aliphatic imine (C=N–C) groups is 1. The van der Waals surface area contributed by atoms with Crippen molar-refractivity contribution in [3.63, 3.8) is 0 Å². The van der Waals surface area contributed by atoms with Gasteiger partial charge in [-0.3, -0.25) is 9.79 Å². The Hall–Kier alpha value is -2.22. The molecule has 3 rings (SSSR count). The summed E-state index contributed by atoms with van der Waals surface area (Å²) in [6.07, 6.45) is 0. The van der Waals surface area contributed by atoms with Gasteiger partial charge in [0.2, 0.25) is 0 Å². The van der Waals surface area contributed by atoms with Crippen LogP contribution in [0.3, 0.4) is 0 Å². The number of fused-ring (bicyclic) bond motifs is 1. The summed E-state index contributed by atoms with van der Waals surface area (Å²) in [7, 11) is 3.09. The van der Waals surface area contributed by atoms with Crippen molar-refractivity contribution in [2.75, 3.05) is 27.3 Å². The van der Waals surface area contributed by atoms with E-state index in [0.29, 0.717) is 34.0 Å². The second kappa shape index (κ2) is 6.95. The number of rotatable bonds is 4. The molecule has 1 aromatic carbocycles. The molecular weight excluding hydrogens is 340 g/mol. The van der Waals surface area contributed by atoms with Crippen molar-refractivity contribution >= 4 is 27.8 Å². The molecule has 0 unspecified atom stereocenters. The zero-order valence-electron chi connectivity index (χ0n) is 14.8. The van der Waals surface area contributed by atoms with Crippen LogP contribution in [0.4, 0.5) is 0 Å². The van der Waals surface area contributed by atoms with E-state index in [1.165, 1.54) is 18.9 Å². The number of methoxy groups -OCH3 is 2. The maximum absolute atomic E-state index is 12.4. The number of hydrogen-bond acceptors (Lipinski definition) is 7. The molecule has 0 saturated carbocycles. The molecule has 0 amide bonds. The van der Waals surface area contributed by atoms with Crippen LogP contribution in [0.15, 0.2) is 21.9 Å². The Morgan fingerprint density at radius 2 is 1.96 bits per heavy atom. The fourth-order valence-electron chi connectivity index (χ4n) is 2.53. The summed E-state index contributed by atoms with van der Waals surface area (Å²) in [5, 5.41) is 4.68. The van der Waals surface area contributed by atoms with E-state index in [9.17, 15) is 4.79 Å². The number of aromatic amines is 1. The van der Waals surface area contributed by atoms with Gasteiger partial charge in [-0.15, -0.1) is 0 Å². The molecule has 134 valence electrons. The molecule has 0 fully saturated rings. The Kier molecular flexibility index (Phi) is 4.89. The van der Waals surface area contributed by atoms with Crippen molar-refractivity contribution in [2.45, 2.75) is 19.6 Å². The van der Waals surface area contributed by atoms with Gasteiger partial charge >= 0.3 is 0 Å². The van der Waals surface area contributed by atoms with Crippen LogP contribution in [0, 0.1) is 5.41 Å². The number of nitrogens with zero attached hydrogens (tertiary/aromatic N) is 2. The average Bonchev–Trinajstić information content (AvgIpc) is 2.59. The number of H-pyrrole nitrogens is 1. The van der Waals surface area contributed by atoms with Gasteiger partial charge in [0.1, 0.15) is 5.82 Å². The van der Waals surface area contributed by atoms with Crippen LogP contribution in [0.1, 0.15) is 19.7 Å². The highest BCUT2D eigenvalue weighted by Crippen LogP contribution is 2.30. The third kappa shape index (κ3) is 3.89. The normalized spacial score (nSPS) is 16.2. The number of amidine groups is 1. The minimum atomic E-state index is -0.193. The van der Waals surface area contributed by atoms with Gasteiger partial charge in [-0.25, -0.2) is 4.98 Å². The van der Waals surface area contributed by atoms with Crippen molar-refractivity contribution in [2.24, 2.45) is 10.4 Å². The molecule has 1 aliphatic rings. The molecule has 2 heterocycles. The molecular formula is C17H22N4O3S. The quantitative estimate of drug-likeness (QED) is 0.866. The minimum Gasteiger partial charge on any atom is -0.493 e. The molecule has 2 aromatic rings. The van der Waals surface area contributed by atoms with Gasteiger partial charge in [0.15, 0.2) is 16.7 Å². The number of benzene rings is 1. The van der Waals surface area contributed by atoms with Crippen LogP contribution in [0.2, 0.25) is 0 Å². The largest absolute Gasteiger partial charge is 0.493 e. The summed E-state index contributed by atoms with van der Waals surface area (Å²) in [4.78, 5) is 24.3. The van der Waals surface area contributed by atoms with Crippen molar-refractivity contribution in [3.8, 4) is 11.5 Å². The van der Waals surface area contributed by atoms with Crippen LogP contribution >= 0.6 is 11.8 Å². The molecule has 0 spiro atoms. The Morgan fingerprint density at radius 3 is 2.60 bits per heavy atom. The molecule has 0 bridgehead atoms. The Morgan fingerprint density at radius 1 is 1.24 bits per heavy atom. The highest BCUT2D eigenvalue weighted by Gasteiger charge is 2.22. The van der Waals surface area contributed by atoms with Gasteiger partial charge in [0.05, 0.1) is 30.9 Å². The number of hydrogen-bond donors (Lipinski definition) is 2. The van der Waals surface area contributed by atoms with E-state index in [2.05, 4.69) is 34.1 Å². The van der Waals surface area contributed by atoms with E-state index in [4.69, 9.17) is 9.47 Å². The number of thioether (sulfide) groups is 1. The standard InChI is InChI=1S/C17H22N4O3S/c1-17(2)8-18-16(19-9-17)25-7-14-20-11-6-13(24-4)12(23-3)5-10(11)15(22)21-14/h5-6H,7-9H2,1-4H3,(H,18,19)(H,20,21,22). The van der Waals surface area contributed by atoms with Gasteiger partial charge < -0.3 is 19.8 Å². The number of aromatic nitrogens is 2. The second-order valence-corrected chi connectivity index (χ2v) is 7.63. The smallest absolute Gasteiger partial charge is 0.258 e. The van der Waals surface area contributed by atoms with Crippen LogP contribution < -0.4 is 20.3 Å². The first-order chi connectivity index (χ1) is 11.9. The lowest BCUT2D eigenvalue weighted by Crippen LogP contribution is -2.39. The molecule has 1 aliphatic heterocycles. The van der Waals surface area contributed by atoms with Crippen LogP contribution in [0.25, 0.3) is 10.9 Å². The van der Waals surface area contributed by atoms with Gasteiger partial charge in [-0.1, -0.05) is 25.6 Å². The Labute approximate surface area is 150 Å². The van der Waals surface area contributed by atoms with Gasteiger partial charge in [-0.2, -0.15) is 0 Å². The van der Waals surface area contributed by atoms with Crippen LogP contribution in [-0.2, 0) is 5.75 Å². The monoisotopic (exact) mass is 362 g/mol. The van der Waals surface area contributed by atoms with E-state index in [0.717, 1.165) is 18.3 Å². The van der Waals surface area contributed by atoms with E-state index in [1.54, 1.807) is 19.2 Å². The fourth-order valence-corrected chi connectivity index (χ4v) is 3.27. The molecule has 8 heteroatoms. The molecule has 1 aromatic heterocycles. The molecule has 0 aliphatic carbocycles. The lowest BCUT2D eigenvalue weighted by Gasteiger charge is -2.28. The summed E-state index contributed by atoms with van der Waals surface area (Å²) in [5.41, 5.74) is 0.563. The highest BCUT2D eigenvalue weighted by molar-refractivity contribution is 8.13. The molecule has 7 nitrogen and oxygen atoms in total. The Bertz CT molecular complexity index is 876. The first kappa shape index (κ1) is 17.6. The maximum Gasteiger partial charge on any atom is 0.258 e. The number of nitrogens with one attached hydrogen (secondary N) is 2. The molecule has 0 radical (unpaired) electrons. The molecule has 0 atom stereocenters. The van der Waals surface area contributed by atoms with Crippen LogP contribution in [0.5, 0.6) is 11.5 Å². The second-order valence-electron chi connectivity index (χ2n) is 6.66. The third-order valence-corrected chi connectivity index (χ3v) is 4.94. The SMILES string of the molecule is COc1cc2nc(CSC3=NCC(C)(C)CN3)[nH]c(=O)c2cc1OC. The Balaban J connectivity index is 1.83. The minimum absolute atomic E-state index is 0.176. The molecule has 25 heavy (non-hydrogen) atoms. The topological polar surface area (TPSA) is 88.6 Å². The molecule has 0 saturated heterocycles. The lowest BCUT2D eigenvalue weighted by atomic mass is 9.93. The fraction of sp³-hybridized carbons (Fsp3) is 0.471. The average molecular weight is 362 g/mol. The van der Waals surface area contributed by atoms with Gasteiger partial charge in [0.25, 0.3) is 5.56 Å². The van der Waals surface area contributed by atoms with E-state index < -0.39 is 0 Å². The lowest BCUT2D eigenvalue weighted by molar-refractivity contribution is 0.355. The highest BCUT2D eigenvalue weighted by atomic mass is 32.2. The van der Waals surface area contributed by atoms with Crippen molar-refractivity contribution in [1.82, 2.24) is 15.3 Å². The first-order valence-corrected chi connectivity index (χ1v) is 8.96. The van der Waals surface area contributed by atoms with Crippen molar-refractivity contribution in [1.29, 1.82) is 0 Å². The summed E-state index contributed by atoms with van der Waals surface area (Å²) < 4.78 is 10.5. The van der Waals surface area contributed by atoms with Gasteiger partial charge in [-0.05, 0) is 6.07 Å². The summed E-state index contributed by atoms with van der Waals surface area (Å²) in [5.74, 6) is 2.19. The molecule has 2 N–H and O–H groups in total. The van der Waals surface area contributed by atoms with Crippen molar-refractivity contribution in [3.05, 3.63) is 28.3 Å². The summed E-state index contributed by atoms with van der Waals surface area (Å²) in [6.45, 7) is 6.03. The van der Waals surface area contributed by atoms with E-state index in [-0.39, 0.29) is 11.0 Å². The van der Waals surface area contributed by atoms with Gasteiger partial charge in [0, 0.05) is 24.6 Å². The van der Waals surface area contributed by atoms with Crippen molar-refractivity contribution < 1.29 is 9.47 Å². The zero-order chi connectivity index (χ0) is 18.0. The predicted molar refractivity (Wildman–Crippen MR) is 101 cm³/mol. The summed E-state index contributed by atoms with van der Waals surface area (Å²) in [6, 6.07) is 3.36. The zero-order valence-corrected chi connectivity index (χ0v) is 15.6. The summed E-state index contributed by atoms with van der Waals surface area (Å²) >= 11 is 1.54. The van der Waals surface area contributed by atoms with E-state index in [1.807, 2.05) is 0 Å². The van der Waals surface area contributed by atoms with Crippen LogP contribution in [-0.4, -0.2) is 42.4 Å².